The van der Waals surface area contributed by atoms with Crippen molar-refractivity contribution in [2.45, 2.75) is 324 Å². The summed E-state index contributed by atoms with van der Waals surface area (Å²) in [6.45, 7) is 12.3. The molecule has 0 aliphatic rings. The van der Waals surface area contributed by atoms with E-state index in [0.29, 0.717) is 12.5 Å². The zero-order valence-electron chi connectivity index (χ0n) is 42.2. The summed E-state index contributed by atoms with van der Waals surface area (Å²) in [5, 5.41) is 0. The number of hydrogen-bond acceptors (Lipinski definition) is 2. The molecule has 0 saturated heterocycles. The van der Waals surface area contributed by atoms with Gasteiger partial charge in [0.2, 0.25) is 0 Å². The molecule has 0 aliphatic heterocycles. The van der Waals surface area contributed by atoms with Gasteiger partial charge in [0.1, 0.15) is 0 Å². The quantitative estimate of drug-likeness (QED) is 0.0264. The first kappa shape index (κ1) is 59.0. The van der Waals surface area contributed by atoms with Crippen molar-refractivity contribution in [3.63, 3.8) is 0 Å². The van der Waals surface area contributed by atoms with E-state index in [0.717, 1.165) is 11.8 Å². The summed E-state index contributed by atoms with van der Waals surface area (Å²) in [5.41, 5.74) is 1.80. The van der Waals surface area contributed by atoms with Gasteiger partial charge in [-0.25, -0.2) is 4.79 Å². The number of allylic oxidation sites excluding steroid dienone is 2. The van der Waals surface area contributed by atoms with Crippen LogP contribution in [0.25, 0.3) is 0 Å². The van der Waals surface area contributed by atoms with Gasteiger partial charge >= 0.3 is 0 Å². The summed E-state index contributed by atoms with van der Waals surface area (Å²) in [7, 11) is 0. The van der Waals surface area contributed by atoms with E-state index in [9.17, 15) is 4.79 Å². The van der Waals surface area contributed by atoms with E-state index in [1.54, 1.807) is 11.5 Å². The fraction of sp³-hybridized carbons (Fsp3) is 0.931. The van der Waals surface area contributed by atoms with Crippen molar-refractivity contribution >= 4 is 5.94 Å². The van der Waals surface area contributed by atoms with Crippen molar-refractivity contribution in [3.05, 3.63) is 17.9 Å². The van der Waals surface area contributed by atoms with Crippen LogP contribution in [0.1, 0.15) is 324 Å². The summed E-state index contributed by atoms with van der Waals surface area (Å²) in [5.74, 6) is 3.84. The molecule has 0 radical (unpaired) electrons. The Hall–Kier alpha value is -1.01. The average molecular weight is 842 g/mol. The van der Waals surface area contributed by atoms with E-state index in [2.05, 4.69) is 40.7 Å². The van der Waals surface area contributed by atoms with Crippen LogP contribution in [0.5, 0.6) is 0 Å². The fourth-order valence-corrected chi connectivity index (χ4v) is 9.92. The predicted octanol–water partition coefficient (Wildman–Crippen LogP) is 20.8. The van der Waals surface area contributed by atoms with Crippen LogP contribution >= 0.6 is 0 Å². The molecule has 0 aliphatic carbocycles. The molecule has 0 fully saturated rings. The van der Waals surface area contributed by atoms with E-state index in [4.69, 9.17) is 4.74 Å². The number of unbranched alkanes of at least 4 members (excludes halogenated alkanes) is 35. The van der Waals surface area contributed by atoms with Crippen molar-refractivity contribution in [1.82, 2.24) is 0 Å². The van der Waals surface area contributed by atoms with Crippen LogP contribution in [0.3, 0.4) is 0 Å². The highest BCUT2D eigenvalue weighted by Crippen LogP contribution is 2.29. The minimum Gasteiger partial charge on any atom is -0.489 e. The summed E-state index contributed by atoms with van der Waals surface area (Å²) in [4.78, 5) is 10.5. The van der Waals surface area contributed by atoms with Gasteiger partial charge in [-0.1, -0.05) is 284 Å². The van der Waals surface area contributed by atoms with Gasteiger partial charge in [-0.05, 0) is 69.1 Å². The second kappa shape index (κ2) is 50.6. The third kappa shape index (κ3) is 46.5. The lowest BCUT2D eigenvalue weighted by molar-refractivity contribution is 0.180. The zero-order valence-corrected chi connectivity index (χ0v) is 42.2. The molecule has 0 aromatic heterocycles. The molecule has 0 spiro atoms. The maximum atomic E-state index is 10.5. The van der Waals surface area contributed by atoms with Crippen molar-refractivity contribution in [2.75, 3.05) is 6.61 Å². The second-order valence-electron chi connectivity index (χ2n) is 20.2. The number of carbonyl (C=O) groups excluding carboxylic acids is 1. The molecule has 0 amide bonds. The Balaban J connectivity index is 4.53. The van der Waals surface area contributed by atoms with E-state index in [1.807, 2.05) is 0 Å². The smallest absolute Gasteiger partial charge is 0.166 e. The lowest BCUT2D eigenvalue weighted by atomic mass is 9.83. The maximum Gasteiger partial charge on any atom is 0.166 e. The molecule has 0 heterocycles. The Morgan fingerprint density at radius 1 is 0.417 bits per heavy atom. The fourth-order valence-electron chi connectivity index (χ4n) is 9.92. The van der Waals surface area contributed by atoms with Gasteiger partial charge in [-0.15, -0.1) is 0 Å². The molecule has 0 N–H and O–H groups in total. The SMILES string of the molecule is CCCCCCCCCCCCCCCCCCC(CCCCCCC/C=C(/CCCCCCCCCC)CCCCCCCCCCC)CC(C)CC(C)COC=C=O. The molecule has 356 valence electrons. The summed E-state index contributed by atoms with van der Waals surface area (Å²) in [6.07, 6.45) is 67.8. The molecule has 0 aromatic carbocycles. The van der Waals surface area contributed by atoms with Crippen LogP contribution < -0.4 is 0 Å². The minimum atomic E-state index is 0.487. The van der Waals surface area contributed by atoms with Crippen LogP contribution in [-0.4, -0.2) is 12.5 Å². The zero-order chi connectivity index (χ0) is 43.7. The van der Waals surface area contributed by atoms with Gasteiger partial charge in [0.15, 0.2) is 12.2 Å². The molecule has 3 atom stereocenters. The Morgan fingerprint density at radius 2 is 0.750 bits per heavy atom. The highest BCUT2D eigenvalue weighted by atomic mass is 16.5. The molecule has 2 heteroatoms. The Kier molecular flexibility index (Phi) is 49.8. The summed E-state index contributed by atoms with van der Waals surface area (Å²) >= 11 is 0. The Morgan fingerprint density at radius 3 is 1.12 bits per heavy atom. The van der Waals surface area contributed by atoms with Gasteiger partial charge in [-0.2, -0.15) is 0 Å². The molecular weight excluding hydrogens is 729 g/mol. The molecule has 60 heavy (non-hydrogen) atoms. The van der Waals surface area contributed by atoms with Crippen LogP contribution in [0.2, 0.25) is 0 Å². The number of ether oxygens (including phenoxy) is 1. The molecular formula is C58H112O2. The standard InChI is InChI=1S/C58H112O2/c1-6-9-12-15-18-21-22-23-24-25-26-27-29-32-38-43-48-58(53-55(4)52-56(5)54-60-51-50-59)49-44-39-34-33-37-42-47-57(45-40-35-30-20-17-14-11-8-3)46-41-36-31-28-19-16-13-10-7-2/h47,51,55-56,58H,6-46,48-49,52-54H2,1-5H3/b57-47-. The monoisotopic (exact) mass is 841 g/mol. The largest absolute Gasteiger partial charge is 0.489 e. The van der Waals surface area contributed by atoms with Gasteiger partial charge in [0.05, 0.1) is 6.61 Å². The van der Waals surface area contributed by atoms with Gasteiger partial charge in [-0.3, -0.25) is 0 Å². The number of hydrogen-bond donors (Lipinski definition) is 0. The summed E-state index contributed by atoms with van der Waals surface area (Å²) in [6, 6.07) is 0. The Bertz CT molecular complexity index is 885. The number of rotatable bonds is 51. The lowest BCUT2D eigenvalue weighted by Crippen LogP contribution is -2.13. The first-order valence-corrected chi connectivity index (χ1v) is 28.1. The van der Waals surface area contributed by atoms with Gasteiger partial charge in [0.25, 0.3) is 0 Å². The molecule has 0 saturated carbocycles. The molecule has 0 bridgehead atoms. The van der Waals surface area contributed by atoms with Gasteiger partial charge < -0.3 is 4.74 Å². The van der Waals surface area contributed by atoms with E-state index in [-0.39, 0.29) is 0 Å². The predicted molar refractivity (Wildman–Crippen MR) is 271 cm³/mol. The van der Waals surface area contributed by atoms with E-state index < -0.39 is 0 Å². The van der Waals surface area contributed by atoms with Gasteiger partial charge in [0, 0.05) is 0 Å². The van der Waals surface area contributed by atoms with Crippen molar-refractivity contribution in [3.8, 4) is 0 Å². The first-order chi connectivity index (χ1) is 29.6. The maximum absolute atomic E-state index is 10.5. The van der Waals surface area contributed by atoms with E-state index >= 15 is 0 Å². The van der Waals surface area contributed by atoms with Crippen molar-refractivity contribution < 1.29 is 9.53 Å². The Labute approximate surface area is 379 Å². The van der Waals surface area contributed by atoms with Crippen LogP contribution in [0.4, 0.5) is 0 Å². The third-order valence-electron chi connectivity index (χ3n) is 13.7. The molecule has 0 rings (SSSR count). The molecule has 3 unspecified atom stereocenters. The topological polar surface area (TPSA) is 26.3 Å². The highest BCUT2D eigenvalue weighted by molar-refractivity contribution is 5.42. The molecule has 2 nitrogen and oxygen atoms in total. The average Bonchev–Trinajstić information content (AvgIpc) is 3.24. The first-order valence-electron chi connectivity index (χ1n) is 28.1. The molecule has 0 aromatic rings. The van der Waals surface area contributed by atoms with Crippen LogP contribution in [-0.2, 0) is 9.53 Å². The van der Waals surface area contributed by atoms with E-state index in [1.165, 1.54) is 295 Å². The van der Waals surface area contributed by atoms with Crippen molar-refractivity contribution in [2.24, 2.45) is 17.8 Å². The van der Waals surface area contributed by atoms with Crippen LogP contribution in [0, 0.1) is 17.8 Å². The van der Waals surface area contributed by atoms with Crippen molar-refractivity contribution in [1.29, 1.82) is 0 Å². The second-order valence-corrected chi connectivity index (χ2v) is 20.2. The highest BCUT2D eigenvalue weighted by Gasteiger charge is 2.16. The third-order valence-corrected chi connectivity index (χ3v) is 13.7. The summed E-state index contributed by atoms with van der Waals surface area (Å²) < 4.78 is 5.38. The lowest BCUT2D eigenvalue weighted by Gasteiger charge is -2.23. The van der Waals surface area contributed by atoms with Crippen LogP contribution in [0.15, 0.2) is 17.9 Å². The normalized spacial score (nSPS) is 13.4. The minimum absolute atomic E-state index is 0.487.